The molecule has 2 rings (SSSR count). The van der Waals surface area contributed by atoms with E-state index in [9.17, 15) is 5.11 Å². The second kappa shape index (κ2) is 6.39. The summed E-state index contributed by atoms with van der Waals surface area (Å²) in [4.78, 5) is 5.37. The van der Waals surface area contributed by atoms with E-state index in [0.29, 0.717) is 15.9 Å². The van der Waals surface area contributed by atoms with E-state index >= 15 is 0 Å². The van der Waals surface area contributed by atoms with Crippen LogP contribution in [0.25, 0.3) is 0 Å². The van der Waals surface area contributed by atoms with Crippen LogP contribution < -0.4 is 0 Å². The van der Waals surface area contributed by atoms with E-state index in [2.05, 4.69) is 18.8 Å². The van der Waals surface area contributed by atoms with Crippen LogP contribution in [0.5, 0.6) is 0 Å². The van der Waals surface area contributed by atoms with Gasteiger partial charge in [0.05, 0.1) is 5.69 Å². The molecule has 1 heterocycles. The van der Waals surface area contributed by atoms with Gasteiger partial charge < -0.3 is 4.57 Å². The average Bonchev–Trinajstić information content (AvgIpc) is 2.65. The molecule has 107 valence electrons. The minimum Gasteiger partial charge on any atom is -0.324 e. The molecule has 2 aromatic rings. The van der Waals surface area contributed by atoms with Gasteiger partial charge in [0.1, 0.15) is 17.5 Å². The van der Waals surface area contributed by atoms with Gasteiger partial charge in [0.2, 0.25) is 0 Å². The second-order valence-electron chi connectivity index (χ2n) is 4.78. The molecule has 0 saturated carbocycles. The van der Waals surface area contributed by atoms with Gasteiger partial charge in [-0.3, -0.25) is 0 Å². The number of nitrogens with zero attached hydrogens (tertiary/aromatic N) is 2. The van der Waals surface area contributed by atoms with Crippen molar-refractivity contribution in [1.82, 2.24) is 9.55 Å². The lowest BCUT2D eigenvalue weighted by molar-refractivity contribution is 0.166. The lowest BCUT2D eigenvalue weighted by Crippen LogP contribution is -1.97. The largest absolute Gasteiger partial charge is 0.324 e. The van der Waals surface area contributed by atoms with Crippen molar-refractivity contribution in [3.63, 3.8) is 0 Å². The Morgan fingerprint density at radius 2 is 1.85 bits per heavy atom. The fraction of sp³-hybridized carbons (Fsp3) is 0.357. The van der Waals surface area contributed by atoms with E-state index in [-0.39, 0.29) is 12.5 Å². The normalized spacial score (nSPS) is 11.3. The Balaban J connectivity index is 2.44. The van der Waals surface area contributed by atoms with Crippen molar-refractivity contribution in [2.45, 2.75) is 36.3 Å². The van der Waals surface area contributed by atoms with Crippen molar-refractivity contribution < 1.29 is 5.11 Å². The van der Waals surface area contributed by atoms with E-state index in [1.165, 1.54) is 11.8 Å². The van der Waals surface area contributed by atoms with Crippen molar-refractivity contribution in [1.29, 1.82) is 0 Å². The number of halogens is 2. The minimum absolute atomic E-state index is 0.249. The summed E-state index contributed by atoms with van der Waals surface area (Å²) in [5, 5.41) is 13.3. The third-order valence-corrected chi connectivity index (χ3v) is 4.47. The Kier molecular flexibility index (Phi) is 5.02. The minimum atomic E-state index is -0.326. The molecule has 3 nitrogen and oxygen atoms in total. The van der Waals surface area contributed by atoms with E-state index in [0.717, 1.165) is 15.6 Å². The summed E-state index contributed by atoms with van der Waals surface area (Å²) >= 11 is 13.6. The predicted octanol–water partition coefficient (Wildman–Crippen LogP) is 4.93. The van der Waals surface area contributed by atoms with Gasteiger partial charge in [-0.15, -0.1) is 0 Å². The maximum Gasteiger partial charge on any atom is 0.140 e. The summed E-state index contributed by atoms with van der Waals surface area (Å²) in [6, 6.07) is 5.40. The summed E-state index contributed by atoms with van der Waals surface area (Å²) < 4.78 is 1.85. The lowest BCUT2D eigenvalue weighted by atomic mass is 10.2. The molecule has 6 heteroatoms. The summed E-state index contributed by atoms with van der Waals surface area (Å²) in [5.74, 6) is 0.794. The van der Waals surface area contributed by atoms with Crippen molar-refractivity contribution in [3.8, 4) is 0 Å². The molecule has 20 heavy (non-hydrogen) atoms. The number of benzene rings is 1. The maximum absolute atomic E-state index is 11.2. The van der Waals surface area contributed by atoms with Crippen LogP contribution in [0.15, 0.2) is 28.1 Å². The summed E-state index contributed by atoms with van der Waals surface area (Å²) in [5.41, 5.74) is 0.930. The number of imidazole rings is 1. The summed E-state index contributed by atoms with van der Waals surface area (Å²) in [6.45, 7) is 3.80. The van der Waals surface area contributed by atoms with Crippen LogP contribution in [0.3, 0.4) is 0 Å². The Morgan fingerprint density at radius 3 is 2.35 bits per heavy atom. The Hall–Kier alpha value is -0.680. The van der Waals surface area contributed by atoms with Gasteiger partial charge in [0, 0.05) is 22.0 Å². The summed E-state index contributed by atoms with van der Waals surface area (Å²) in [6.07, 6.45) is 0. The zero-order valence-electron chi connectivity index (χ0n) is 11.5. The average molecular weight is 330 g/mol. The molecule has 0 saturated heterocycles. The molecule has 0 fully saturated rings. The molecular formula is C14H15Cl2N2OS. The standard InChI is InChI=1S/C14H15Cl2N2OS/c1-8(2)13-14(18(3)12(7-19)17-13)20-11-5-9(15)4-10(16)6-11/h4-6,8H,7H2,1-3H3. The lowest BCUT2D eigenvalue weighted by Gasteiger charge is -2.09. The first-order valence-corrected chi connectivity index (χ1v) is 7.77. The molecule has 0 aliphatic heterocycles. The van der Waals surface area contributed by atoms with Crippen LogP contribution in [0, 0.1) is 0 Å². The molecule has 0 aliphatic rings. The number of rotatable bonds is 4. The molecule has 0 aliphatic carbocycles. The van der Waals surface area contributed by atoms with Gasteiger partial charge in [-0.05, 0) is 24.1 Å². The molecule has 1 aromatic carbocycles. The Bertz CT molecular complexity index is 606. The maximum atomic E-state index is 11.2. The Labute approximate surface area is 132 Å². The van der Waals surface area contributed by atoms with Crippen LogP contribution in [-0.4, -0.2) is 9.55 Å². The number of hydrogen-bond donors (Lipinski definition) is 0. The highest BCUT2D eigenvalue weighted by Gasteiger charge is 2.18. The number of aromatic nitrogens is 2. The van der Waals surface area contributed by atoms with Gasteiger partial charge in [-0.1, -0.05) is 48.8 Å². The molecule has 0 atom stereocenters. The molecule has 0 amide bonds. The van der Waals surface area contributed by atoms with Crippen LogP contribution in [0.4, 0.5) is 0 Å². The fourth-order valence-electron chi connectivity index (χ4n) is 1.88. The zero-order valence-corrected chi connectivity index (χ0v) is 13.8. The van der Waals surface area contributed by atoms with Crippen molar-refractivity contribution in [2.75, 3.05) is 0 Å². The van der Waals surface area contributed by atoms with Crippen LogP contribution in [-0.2, 0) is 18.8 Å². The fourth-order valence-corrected chi connectivity index (χ4v) is 3.75. The molecule has 0 unspecified atom stereocenters. The topological polar surface area (TPSA) is 37.7 Å². The first-order valence-electron chi connectivity index (χ1n) is 6.20. The molecule has 1 aromatic heterocycles. The molecular weight excluding hydrogens is 315 g/mol. The molecule has 0 N–H and O–H groups in total. The molecule has 1 radical (unpaired) electrons. The molecule has 0 bridgehead atoms. The SMILES string of the molecule is CC(C)c1nc(C[O])n(C)c1Sc1cc(Cl)cc(Cl)c1. The third kappa shape index (κ3) is 3.31. The van der Waals surface area contributed by atoms with Gasteiger partial charge in [-0.25, -0.2) is 10.1 Å². The van der Waals surface area contributed by atoms with Crippen molar-refractivity contribution in [2.24, 2.45) is 7.05 Å². The highest BCUT2D eigenvalue weighted by atomic mass is 35.5. The van der Waals surface area contributed by atoms with Gasteiger partial charge >= 0.3 is 0 Å². The quantitative estimate of drug-likeness (QED) is 0.797. The van der Waals surface area contributed by atoms with E-state index in [4.69, 9.17) is 23.2 Å². The monoisotopic (exact) mass is 329 g/mol. The number of hydrogen-bond acceptors (Lipinski definition) is 2. The van der Waals surface area contributed by atoms with Crippen molar-refractivity contribution in [3.05, 3.63) is 39.8 Å². The molecule has 0 spiro atoms. The predicted molar refractivity (Wildman–Crippen MR) is 82.3 cm³/mol. The highest BCUT2D eigenvalue weighted by Crippen LogP contribution is 2.36. The first-order chi connectivity index (χ1) is 9.42. The van der Waals surface area contributed by atoms with E-state index in [1.807, 2.05) is 23.7 Å². The third-order valence-electron chi connectivity index (χ3n) is 2.89. The van der Waals surface area contributed by atoms with E-state index < -0.39 is 0 Å². The first kappa shape index (κ1) is 15.7. The van der Waals surface area contributed by atoms with Gasteiger partial charge in [-0.2, -0.15) is 0 Å². The van der Waals surface area contributed by atoms with Crippen LogP contribution in [0.2, 0.25) is 10.0 Å². The Morgan fingerprint density at radius 1 is 1.25 bits per heavy atom. The van der Waals surface area contributed by atoms with Crippen LogP contribution >= 0.6 is 35.0 Å². The van der Waals surface area contributed by atoms with Crippen LogP contribution in [0.1, 0.15) is 31.3 Å². The van der Waals surface area contributed by atoms with E-state index in [1.54, 1.807) is 6.07 Å². The van der Waals surface area contributed by atoms with Gasteiger partial charge in [0.15, 0.2) is 0 Å². The second-order valence-corrected chi connectivity index (χ2v) is 6.72. The van der Waals surface area contributed by atoms with Gasteiger partial charge in [0.25, 0.3) is 0 Å². The summed E-state index contributed by atoms with van der Waals surface area (Å²) in [7, 11) is 1.86. The van der Waals surface area contributed by atoms with Crippen molar-refractivity contribution >= 4 is 35.0 Å². The smallest absolute Gasteiger partial charge is 0.140 e. The highest BCUT2D eigenvalue weighted by molar-refractivity contribution is 7.99. The zero-order chi connectivity index (χ0) is 14.9.